The average molecular weight is 347 g/mol. The third-order valence-electron chi connectivity index (χ3n) is 4.02. The van der Waals surface area contributed by atoms with E-state index in [1.165, 1.54) is 10.8 Å². The van der Waals surface area contributed by atoms with Crippen LogP contribution in [0.5, 0.6) is 0 Å². The van der Waals surface area contributed by atoms with Crippen LogP contribution in [-0.4, -0.2) is 35.3 Å². The first-order chi connectivity index (χ1) is 12.7. The van der Waals surface area contributed by atoms with Gasteiger partial charge in [0, 0.05) is 30.4 Å². The van der Waals surface area contributed by atoms with E-state index in [1.807, 2.05) is 48.1 Å². The minimum absolute atomic E-state index is 0.246. The molecule has 0 aliphatic rings. The van der Waals surface area contributed by atoms with Crippen LogP contribution in [0, 0.1) is 0 Å². The molecule has 4 rings (SSSR count). The Morgan fingerprint density at radius 1 is 1.19 bits per heavy atom. The Morgan fingerprint density at radius 2 is 2.04 bits per heavy atom. The molecule has 1 aromatic carbocycles. The number of carbonyl (C=O) groups is 1. The number of carbonyl (C=O) groups excluding carboxylic acids is 1. The van der Waals surface area contributed by atoms with E-state index in [2.05, 4.69) is 25.5 Å². The molecule has 0 unspecified atom stereocenters. The van der Waals surface area contributed by atoms with Crippen LogP contribution in [0.1, 0.15) is 23.0 Å². The predicted octanol–water partition coefficient (Wildman–Crippen LogP) is 1.94. The number of nitrogens with zero attached hydrogens (tertiary/aromatic N) is 6. The zero-order valence-corrected chi connectivity index (χ0v) is 14.2. The molecule has 130 valence electrons. The Hall–Kier alpha value is -3.55. The number of hydrogen-bond donors (Lipinski definition) is 1. The molecule has 0 aliphatic carbocycles. The van der Waals surface area contributed by atoms with Crippen LogP contribution < -0.4 is 5.32 Å². The number of aromatic nitrogens is 6. The number of rotatable bonds is 5. The van der Waals surface area contributed by atoms with E-state index in [4.69, 9.17) is 0 Å². The van der Waals surface area contributed by atoms with Gasteiger partial charge in [0.15, 0.2) is 0 Å². The maximum atomic E-state index is 12.7. The highest BCUT2D eigenvalue weighted by Gasteiger charge is 2.15. The molecule has 3 aromatic heterocycles. The molecule has 0 atom stereocenters. The van der Waals surface area contributed by atoms with Gasteiger partial charge in [0.05, 0.1) is 11.9 Å². The Morgan fingerprint density at radius 3 is 2.81 bits per heavy atom. The van der Waals surface area contributed by atoms with Crippen molar-refractivity contribution in [3.8, 4) is 11.3 Å². The molecule has 8 nitrogen and oxygen atoms in total. The molecule has 3 heterocycles. The molecule has 1 N–H and O–H groups in total. The van der Waals surface area contributed by atoms with Crippen molar-refractivity contribution < 1.29 is 4.79 Å². The van der Waals surface area contributed by atoms with Crippen molar-refractivity contribution in [2.75, 3.05) is 0 Å². The van der Waals surface area contributed by atoms with Crippen LogP contribution in [0.15, 0.2) is 55.1 Å². The van der Waals surface area contributed by atoms with Gasteiger partial charge in [-0.05, 0) is 13.0 Å². The van der Waals surface area contributed by atoms with Crippen LogP contribution in [0.4, 0.5) is 0 Å². The van der Waals surface area contributed by atoms with E-state index in [9.17, 15) is 4.79 Å². The maximum Gasteiger partial charge on any atom is 0.270 e. The smallest absolute Gasteiger partial charge is 0.270 e. The molecular formula is C18H17N7O. The highest BCUT2D eigenvalue weighted by Crippen LogP contribution is 2.18. The summed E-state index contributed by atoms with van der Waals surface area (Å²) >= 11 is 0. The average Bonchev–Trinajstić information content (AvgIpc) is 3.35. The van der Waals surface area contributed by atoms with Crippen molar-refractivity contribution in [1.82, 2.24) is 34.7 Å². The van der Waals surface area contributed by atoms with Gasteiger partial charge in [-0.2, -0.15) is 19.7 Å². The van der Waals surface area contributed by atoms with Gasteiger partial charge in [0.25, 0.3) is 11.7 Å². The molecule has 0 spiro atoms. The SMILES string of the molecule is CCn1cc(CNC(=O)c2cc(-c3ccccc3)nc3ncnn23)cn1. The van der Waals surface area contributed by atoms with Gasteiger partial charge >= 0.3 is 0 Å². The molecule has 26 heavy (non-hydrogen) atoms. The lowest BCUT2D eigenvalue weighted by atomic mass is 10.1. The van der Waals surface area contributed by atoms with Crippen molar-refractivity contribution in [3.63, 3.8) is 0 Å². The zero-order valence-electron chi connectivity index (χ0n) is 14.2. The van der Waals surface area contributed by atoms with Gasteiger partial charge < -0.3 is 5.32 Å². The summed E-state index contributed by atoms with van der Waals surface area (Å²) in [6, 6.07) is 11.4. The molecule has 4 aromatic rings. The summed E-state index contributed by atoms with van der Waals surface area (Å²) in [5.74, 6) is 0.139. The number of aryl methyl sites for hydroxylation is 1. The summed E-state index contributed by atoms with van der Waals surface area (Å²) in [5.41, 5.74) is 2.91. The number of amides is 1. The maximum absolute atomic E-state index is 12.7. The number of hydrogen-bond acceptors (Lipinski definition) is 5. The van der Waals surface area contributed by atoms with Crippen molar-refractivity contribution in [2.24, 2.45) is 0 Å². The van der Waals surface area contributed by atoms with Crippen LogP contribution in [0.25, 0.3) is 17.0 Å². The quantitative estimate of drug-likeness (QED) is 0.596. The van der Waals surface area contributed by atoms with Gasteiger partial charge in [0.2, 0.25) is 0 Å². The van der Waals surface area contributed by atoms with Gasteiger partial charge in [-0.25, -0.2) is 4.98 Å². The van der Waals surface area contributed by atoms with Gasteiger partial charge in [-0.15, -0.1) is 0 Å². The summed E-state index contributed by atoms with van der Waals surface area (Å²) in [4.78, 5) is 21.3. The van der Waals surface area contributed by atoms with Gasteiger partial charge in [-0.3, -0.25) is 9.48 Å². The van der Waals surface area contributed by atoms with E-state index in [-0.39, 0.29) is 5.91 Å². The Kier molecular flexibility index (Phi) is 4.14. The highest BCUT2D eigenvalue weighted by molar-refractivity contribution is 5.94. The van der Waals surface area contributed by atoms with E-state index >= 15 is 0 Å². The van der Waals surface area contributed by atoms with Crippen LogP contribution in [0.3, 0.4) is 0 Å². The molecule has 0 fully saturated rings. The largest absolute Gasteiger partial charge is 0.347 e. The zero-order chi connectivity index (χ0) is 17.9. The number of nitrogens with one attached hydrogen (secondary N) is 1. The molecule has 0 saturated heterocycles. The van der Waals surface area contributed by atoms with Crippen molar-refractivity contribution in [3.05, 3.63) is 66.4 Å². The van der Waals surface area contributed by atoms with E-state index in [1.54, 1.807) is 12.3 Å². The molecule has 0 aliphatic heterocycles. The standard InChI is InChI=1S/C18H17N7O/c1-2-24-11-13(10-21-24)9-19-17(26)16-8-15(14-6-4-3-5-7-14)23-18-20-12-22-25(16)18/h3-8,10-12H,2,9H2,1H3,(H,19,26). The Labute approximate surface area is 149 Å². The molecule has 1 amide bonds. The summed E-state index contributed by atoms with van der Waals surface area (Å²) in [6.45, 7) is 3.19. The summed E-state index contributed by atoms with van der Waals surface area (Å²) < 4.78 is 3.26. The third kappa shape index (κ3) is 3.04. The second-order valence-corrected chi connectivity index (χ2v) is 5.75. The Balaban J connectivity index is 1.64. The van der Waals surface area contributed by atoms with Crippen molar-refractivity contribution >= 4 is 11.7 Å². The topological polar surface area (TPSA) is 90.0 Å². The normalized spacial score (nSPS) is 11.0. The second kappa shape index (κ2) is 6.75. The van der Waals surface area contributed by atoms with E-state index in [0.717, 1.165) is 17.7 Å². The minimum Gasteiger partial charge on any atom is -0.347 e. The summed E-state index contributed by atoms with van der Waals surface area (Å²) in [6.07, 6.45) is 5.04. The lowest BCUT2D eigenvalue weighted by Gasteiger charge is -2.08. The summed E-state index contributed by atoms with van der Waals surface area (Å²) in [5, 5.41) is 11.2. The predicted molar refractivity (Wildman–Crippen MR) is 95.3 cm³/mol. The number of benzene rings is 1. The van der Waals surface area contributed by atoms with E-state index in [0.29, 0.717) is 23.7 Å². The molecular weight excluding hydrogens is 330 g/mol. The van der Waals surface area contributed by atoms with Crippen LogP contribution >= 0.6 is 0 Å². The van der Waals surface area contributed by atoms with Crippen LogP contribution in [0.2, 0.25) is 0 Å². The fourth-order valence-electron chi connectivity index (χ4n) is 2.67. The monoisotopic (exact) mass is 347 g/mol. The van der Waals surface area contributed by atoms with Crippen molar-refractivity contribution in [2.45, 2.75) is 20.0 Å². The van der Waals surface area contributed by atoms with Crippen molar-refractivity contribution in [1.29, 1.82) is 0 Å². The lowest BCUT2D eigenvalue weighted by Crippen LogP contribution is -2.25. The fourth-order valence-corrected chi connectivity index (χ4v) is 2.67. The van der Waals surface area contributed by atoms with Gasteiger partial charge in [0.1, 0.15) is 12.0 Å². The number of fused-ring (bicyclic) bond motifs is 1. The summed E-state index contributed by atoms with van der Waals surface area (Å²) in [7, 11) is 0. The lowest BCUT2D eigenvalue weighted by molar-refractivity contribution is 0.0943. The first-order valence-electron chi connectivity index (χ1n) is 8.30. The molecule has 0 radical (unpaired) electrons. The minimum atomic E-state index is -0.246. The second-order valence-electron chi connectivity index (χ2n) is 5.75. The van der Waals surface area contributed by atoms with E-state index < -0.39 is 0 Å². The molecule has 8 heteroatoms. The first-order valence-corrected chi connectivity index (χ1v) is 8.30. The fraction of sp³-hybridized carbons (Fsp3) is 0.167. The highest BCUT2D eigenvalue weighted by atomic mass is 16.2. The van der Waals surface area contributed by atoms with Gasteiger partial charge in [-0.1, -0.05) is 30.3 Å². The molecule has 0 bridgehead atoms. The Bertz CT molecular complexity index is 1050. The third-order valence-corrected chi connectivity index (χ3v) is 4.02. The first kappa shape index (κ1) is 15.9. The van der Waals surface area contributed by atoms with Crippen LogP contribution in [-0.2, 0) is 13.1 Å². The molecule has 0 saturated carbocycles.